The fourth-order valence-electron chi connectivity index (χ4n) is 1.97. The van der Waals surface area contributed by atoms with E-state index in [0.717, 1.165) is 18.2 Å². The van der Waals surface area contributed by atoms with Crippen molar-refractivity contribution in [2.75, 3.05) is 0 Å². The molecule has 0 fully saturated rings. The van der Waals surface area contributed by atoms with Gasteiger partial charge in [0.15, 0.2) is 0 Å². The minimum absolute atomic E-state index is 0.0829. The highest BCUT2D eigenvalue weighted by molar-refractivity contribution is 6.35. The Morgan fingerprint density at radius 2 is 1.90 bits per heavy atom. The van der Waals surface area contributed by atoms with Gasteiger partial charge in [-0.15, -0.1) is 0 Å². The summed E-state index contributed by atoms with van der Waals surface area (Å²) < 4.78 is 26.8. The topological polar surface area (TPSA) is 32.3 Å². The maximum absolute atomic E-state index is 13.7. The predicted octanol–water partition coefficient (Wildman–Crippen LogP) is 4.83. The Kier molecular flexibility index (Phi) is 5.04. The van der Waals surface area contributed by atoms with Crippen molar-refractivity contribution >= 4 is 23.2 Å². The van der Waals surface area contributed by atoms with E-state index in [1.54, 1.807) is 13.0 Å². The number of hydrogen-bond donors (Lipinski definition) is 2. The van der Waals surface area contributed by atoms with Crippen molar-refractivity contribution in [1.82, 2.24) is 5.32 Å². The van der Waals surface area contributed by atoms with Crippen LogP contribution in [0.15, 0.2) is 30.3 Å². The SMILES string of the molecule is CC(NCc1cc(Cl)cc(Cl)c1O)c1cc(F)ccc1F. The summed E-state index contributed by atoms with van der Waals surface area (Å²) in [6, 6.07) is 5.82. The molecule has 0 aliphatic carbocycles. The summed E-state index contributed by atoms with van der Waals surface area (Å²) in [7, 11) is 0. The van der Waals surface area contributed by atoms with Crippen LogP contribution in [-0.4, -0.2) is 5.11 Å². The van der Waals surface area contributed by atoms with Crippen molar-refractivity contribution in [1.29, 1.82) is 0 Å². The fraction of sp³-hybridized carbons (Fsp3) is 0.200. The van der Waals surface area contributed by atoms with Crippen molar-refractivity contribution in [3.05, 3.63) is 63.1 Å². The maximum Gasteiger partial charge on any atom is 0.138 e. The normalized spacial score (nSPS) is 12.4. The zero-order valence-electron chi connectivity index (χ0n) is 11.1. The van der Waals surface area contributed by atoms with E-state index in [4.69, 9.17) is 23.2 Å². The van der Waals surface area contributed by atoms with Crippen molar-refractivity contribution in [2.24, 2.45) is 0 Å². The first-order valence-electron chi connectivity index (χ1n) is 6.23. The Labute approximate surface area is 131 Å². The Morgan fingerprint density at radius 1 is 1.19 bits per heavy atom. The molecule has 2 aromatic carbocycles. The quantitative estimate of drug-likeness (QED) is 0.841. The van der Waals surface area contributed by atoms with Crippen molar-refractivity contribution in [3.8, 4) is 5.75 Å². The molecule has 2 rings (SSSR count). The molecule has 112 valence electrons. The van der Waals surface area contributed by atoms with Gasteiger partial charge in [0.05, 0.1) is 5.02 Å². The summed E-state index contributed by atoms with van der Waals surface area (Å²) in [4.78, 5) is 0. The number of phenols is 1. The lowest BCUT2D eigenvalue weighted by molar-refractivity contribution is 0.458. The third kappa shape index (κ3) is 3.84. The standard InChI is InChI=1S/C15H13Cl2F2NO/c1-8(12-6-11(18)2-3-14(12)19)20-7-9-4-10(16)5-13(17)15(9)21/h2-6,8,20-21H,7H2,1H3. The third-order valence-electron chi connectivity index (χ3n) is 3.13. The average molecular weight is 332 g/mol. The minimum atomic E-state index is -0.506. The van der Waals surface area contributed by atoms with Crippen LogP contribution in [0.3, 0.4) is 0 Å². The van der Waals surface area contributed by atoms with Gasteiger partial charge in [0, 0.05) is 28.7 Å². The number of benzene rings is 2. The number of aromatic hydroxyl groups is 1. The van der Waals surface area contributed by atoms with Gasteiger partial charge in [0.1, 0.15) is 17.4 Å². The number of halogens is 4. The number of rotatable bonds is 4. The molecule has 0 radical (unpaired) electrons. The monoisotopic (exact) mass is 331 g/mol. The molecule has 1 atom stereocenters. The minimum Gasteiger partial charge on any atom is -0.506 e. The van der Waals surface area contributed by atoms with Gasteiger partial charge in [-0.2, -0.15) is 0 Å². The summed E-state index contributed by atoms with van der Waals surface area (Å²) in [6.07, 6.45) is 0. The van der Waals surface area contributed by atoms with Crippen LogP contribution in [0, 0.1) is 11.6 Å². The predicted molar refractivity (Wildman–Crippen MR) is 79.7 cm³/mol. The summed E-state index contributed by atoms with van der Waals surface area (Å²) in [5.74, 6) is -1.08. The van der Waals surface area contributed by atoms with Crippen LogP contribution in [0.4, 0.5) is 8.78 Å². The molecule has 0 spiro atoms. The summed E-state index contributed by atoms with van der Waals surface area (Å²) in [5.41, 5.74) is 0.693. The highest BCUT2D eigenvalue weighted by Crippen LogP contribution is 2.31. The molecule has 0 aliphatic rings. The van der Waals surface area contributed by atoms with E-state index in [1.165, 1.54) is 6.07 Å². The van der Waals surface area contributed by atoms with Gasteiger partial charge in [0.2, 0.25) is 0 Å². The number of nitrogens with one attached hydrogen (secondary N) is 1. The van der Waals surface area contributed by atoms with E-state index < -0.39 is 17.7 Å². The summed E-state index contributed by atoms with van der Waals surface area (Å²) >= 11 is 11.7. The van der Waals surface area contributed by atoms with Gasteiger partial charge in [-0.25, -0.2) is 8.78 Å². The van der Waals surface area contributed by atoms with Crippen LogP contribution in [0.25, 0.3) is 0 Å². The Hall–Kier alpha value is -1.36. The zero-order valence-corrected chi connectivity index (χ0v) is 12.6. The van der Waals surface area contributed by atoms with Gasteiger partial charge < -0.3 is 10.4 Å². The second-order valence-corrected chi connectivity index (χ2v) is 5.51. The number of hydrogen-bond acceptors (Lipinski definition) is 2. The molecule has 0 bridgehead atoms. The number of phenolic OH excluding ortho intramolecular Hbond substituents is 1. The van der Waals surface area contributed by atoms with Crippen LogP contribution >= 0.6 is 23.2 Å². The lowest BCUT2D eigenvalue weighted by Crippen LogP contribution is -2.19. The fourth-order valence-corrected chi connectivity index (χ4v) is 2.51. The zero-order chi connectivity index (χ0) is 15.6. The van der Waals surface area contributed by atoms with Crippen molar-refractivity contribution in [3.63, 3.8) is 0 Å². The molecule has 0 aromatic heterocycles. The molecule has 1 unspecified atom stereocenters. The molecule has 0 aliphatic heterocycles. The van der Waals surface area contributed by atoms with E-state index in [9.17, 15) is 13.9 Å². The Balaban J connectivity index is 2.14. The highest BCUT2D eigenvalue weighted by Gasteiger charge is 2.14. The molecule has 2 nitrogen and oxygen atoms in total. The van der Waals surface area contributed by atoms with E-state index in [0.29, 0.717) is 10.6 Å². The van der Waals surface area contributed by atoms with Gasteiger partial charge in [-0.1, -0.05) is 23.2 Å². The molecule has 0 heterocycles. The molecular formula is C15H13Cl2F2NO. The Morgan fingerprint density at radius 3 is 2.62 bits per heavy atom. The second kappa shape index (κ2) is 6.60. The molecule has 0 saturated heterocycles. The van der Waals surface area contributed by atoms with Crippen LogP contribution < -0.4 is 5.32 Å². The summed E-state index contributed by atoms with van der Waals surface area (Å²) in [5, 5.41) is 13.4. The van der Waals surface area contributed by atoms with Crippen LogP contribution in [0.1, 0.15) is 24.1 Å². The first kappa shape index (κ1) is 16.0. The van der Waals surface area contributed by atoms with E-state index >= 15 is 0 Å². The molecule has 21 heavy (non-hydrogen) atoms. The van der Waals surface area contributed by atoms with Gasteiger partial charge in [-0.05, 0) is 37.3 Å². The first-order chi connectivity index (χ1) is 9.88. The molecule has 0 saturated carbocycles. The van der Waals surface area contributed by atoms with Gasteiger partial charge in [-0.3, -0.25) is 0 Å². The second-order valence-electron chi connectivity index (χ2n) is 4.66. The lowest BCUT2D eigenvalue weighted by atomic mass is 10.1. The largest absolute Gasteiger partial charge is 0.506 e. The van der Waals surface area contributed by atoms with Crippen LogP contribution in [0.2, 0.25) is 10.0 Å². The third-order valence-corrected chi connectivity index (χ3v) is 3.64. The Bertz CT molecular complexity index is 664. The van der Waals surface area contributed by atoms with Crippen LogP contribution in [-0.2, 0) is 6.54 Å². The highest BCUT2D eigenvalue weighted by atomic mass is 35.5. The average Bonchev–Trinajstić information content (AvgIpc) is 2.43. The molecule has 6 heteroatoms. The smallest absolute Gasteiger partial charge is 0.138 e. The van der Waals surface area contributed by atoms with E-state index in [1.807, 2.05) is 0 Å². The van der Waals surface area contributed by atoms with Gasteiger partial charge >= 0.3 is 0 Å². The van der Waals surface area contributed by atoms with Crippen LogP contribution in [0.5, 0.6) is 5.75 Å². The molecule has 2 aromatic rings. The van der Waals surface area contributed by atoms with E-state index in [2.05, 4.69) is 5.32 Å². The molecular weight excluding hydrogens is 319 g/mol. The summed E-state index contributed by atoms with van der Waals surface area (Å²) in [6.45, 7) is 1.91. The van der Waals surface area contributed by atoms with Crippen molar-refractivity contribution in [2.45, 2.75) is 19.5 Å². The maximum atomic E-state index is 13.7. The van der Waals surface area contributed by atoms with Crippen molar-refractivity contribution < 1.29 is 13.9 Å². The molecule has 2 N–H and O–H groups in total. The molecule has 0 amide bonds. The van der Waals surface area contributed by atoms with Gasteiger partial charge in [0.25, 0.3) is 0 Å². The van der Waals surface area contributed by atoms with E-state index in [-0.39, 0.29) is 22.9 Å². The lowest BCUT2D eigenvalue weighted by Gasteiger charge is -2.16. The first-order valence-corrected chi connectivity index (χ1v) is 6.99.